The van der Waals surface area contributed by atoms with Crippen molar-refractivity contribution in [3.05, 3.63) is 88.5 Å². The van der Waals surface area contributed by atoms with Gasteiger partial charge in [-0.15, -0.1) is 0 Å². The van der Waals surface area contributed by atoms with Gasteiger partial charge in [-0.05, 0) is 73.4 Å². The summed E-state index contributed by atoms with van der Waals surface area (Å²) >= 11 is 0. The first-order valence-corrected chi connectivity index (χ1v) is 10.4. The van der Waals surface area contributed by atoms with Crippen LogP contribution < -0.4 is 14.8 Å². The van der Waals surface area contributed by atoms with Gasteiger partial charge in [-0.3, -0.25) is 9.59 Å². The van der Waals surface area contributed by atoms with Gasteiger partial charge >= 0.3 is 5.97 Å². The van der Waals surface area contributed by atoms with Crippen LogP contribution in [-0.2, 0) is 17.8 Å². The number of ether oxygens (including phenoxy) is 2. The van der Waals surface area contributed by atoms with E-state index in [0.717, 1.165) is 28.0 Å². The van der Waals surface area contributed by atoms with Crippen LogP contribution in [0.3, 0.4) is 0 Å². The second-order valence-electron chi connectivity index (χ2n) is 7.54. The van der Waals surface area contributed by atoms with Crippen molar-refractivity contribution >= 4 is 11.9 Å². The molecule has 0 bridgehead atoms. The SMILES string of the molecule is COc1ccc(CNC(=O)c2cccc(Oc3ccc(CCC(=O)O)c(C)c3)c2C)cc1. The fourth-order valence-electron chi connectivity index (χ4n) is 3.37. The lowest BCUT2D eigenvalue weighted by Crippen LogP contribution is -2.23. The summed E-state index contributed by atoms with van der Waals surface area (Å²) in [6.07, 6.45) is 0.568. The van der Waals surface area contributed by atoms with Crippen LogP contribution in [0.15, 0.2) is 60.7 Å². The molecule has 0 spiro atoms. The number of aliphatic carboxylic acids is 1. The van der Waals surface area contributed by atoms with Crippen LogP contribution in [0.4, 0.5) is 0 Å². The summed E-state index contributed by atoms with van der Waals surface area (Å²) in [6.45, 7) is 4.19. The average Bonchev–Trinajstić information content (AvgIpc) is 2.78. The number of aryl methyl sites for hydroxylation is 2. The third-order valence-corrected chi connectivity index (χ3v) is 5.29. The Morgan fingerprint density at radius 2 is 1.69 bits per heavy atom. The second-order valence-corrected chi connectivity index (χ2v) is 7.54. The summed E-state index contributed by atoms with van der Waals surface area (Å²) in [5.74, 6) is 1.01. The zero-order valence-electron chi connectivity index (χ0n) is 18.5. The number of nitrogens with one attached hydrogen (secondary N) is 1. The van der Waals surface area contributed by atoms with Gasteiger partial charge in [-0.1, -0.05) is 24.3 Å². The maximum absolute atomic E-state index is 12.8. The van der Waals surface area contributed by atoms with E-state index in [9.17, 15) is 9.59 Å². The van der Waals surface area contributed by atoms with Gasteiger partial charge in [0.25, 0.3) is 5.91 Å². The number of carboxylic acids is 1. The van der Waals surface area contributed by atoms with Crippen LogP contribution in [0.5, 0.6) is 17.2 Å². The van der Waals surface area contributed by atoms with E-state index < -0.39 is 5.97 Å². The molecule has 166 valence electrons. The van der Waals surface area contributed by atoms with Crippen LogP contribution in [0, 0.1) is 13.8 Å². The number of carbonyl (C=O) groups is 2. The van der Waals surface area contributed by atoms with Gasteiger partial charge in [0, 0.05) is 24.1 Å². The molecule has 6 nitrogen and oxygen atoms in total. The lowest BCUT2D eigenvalue weighted by molar-refractivity contribution is -0.136. The van der Waals surface area contributed by atoms with Crippen molar-refractivity contribution in [2.24, 2.45) is 0 Å². The van der Waals surface area contributed by atoms with Crippen molar-refractivity contribution in [3.8, 4) is 17.2 Å². The van der Waals surface area contributed by atoms with Crippen molar-refractivity contribution in [1.29, 1.82) is 0 Å². The monoisotopic (exact) mass is 433 g/mol. The number of hydrogen-bond acceptors (Lipinski definition) is 4. The molecule has 0 aliphatic rings. The zero-order chi connectivity index (χ0) is 23.1. The first-order valence-electron chi connectivity index (χ1n) is 10.4. The predicted octanol–water partition coefficient (Wildman–Crippen LogP) is 5.05. The Balaban J connectivity index is 1.68. The number of methoxy groups -OCH3 is 1. The first kappa shape index (κ1) is 22.9. The highest BCUT2D eigenvalue weighted by molar-refractivity contribution is 5.96. The first-order chi connectivity index (χ1) is 15.4. The summed E-state index contributed by atoms with van der Waals surface area (Å²) in [4.78, 5) is 23.6. The van der Waals surface area contributed by atoms with Crippen molar-refractivity contribution in [3.63, 3.8) is 0 Å². The number of amides is 1. The van der Waals surface area contributed by atoms with E-state index in [0.29, 0.717) is 30.0 Å². The van der Waals surface area contributed by atoms with Crippen LogP contribution in [0.25, 0.3) is 0 Å². The van der Waals surface area contributed by atoms with E-state index in [4.69, 9.17) is 14.6 Å². The molecule has 2 N–H and O–H groups in total. The largest absolute Gasteiger partial charge is 0.497 e. The van der Waals surface area contributed by atoms with E-state index in [1.54, 1.807) is 19.2 Å². The Morgan fingerprint density at radius 3 is 2.34 bits per heavy atom. The van der Waals surface area contributed by atoms with Crippen molar-refractivity contribution < 1.29 is 24.2 Å². The van der Waals surface area contributed by atoms with Gasteiger partial charge < -0.3 is 19.9 Å². The van der Waals surface area contributed by atoms with Crippen LogP contribution in [-0.4, -0.2) is 24.1 Å². The molecule has 0 saturated carbocycles. The number of rotatable bonds is 9. The molecule has 0 aromatic heterocycles. The van der Waals surface area contributed by atoms with Gasteiger partial charge in [0.05, 0.1) is 7.11 Å². The molecule has 0 heterocycles. The van der Waals surface area contributed by atoms with Gasteiger partial charge in [0.15, 0.2) is 0 Å². The number of hydrogen-bond donors (Lipinski definition) is 2. The molecule has 32 heavy (non-hydrogen) atoms. The van der Waals surface area contributed by atoms with Gasteiger partial charge in [-0.25, -0.2) is 0 Å². The van der Waals surface area contributed by atoms with E-state index in [-0.39, 0.29) is 12.3 Å². The minimum atomic E-state index is -0.817. The second kappa shape index (κ2) is 10.5. The fourth-order valence-corrected chi connectivity index (χ4v) is 3.37. The summed E-state index contributed by atoms with van der Waals surface area (Å²) in [5.41, 5.74) is 4.21. The molecule has 3 rings (SSSR count). The maximum atomic E-state index is 12.8. The molecular weight excluding hydrogens is 406 g/mol. The molecule has 0 radical (unpaired) electrons. The molecular formula is C26H27NO5. The minimum Gasteiger partial charge on any atom is -0.497 e. The smallest absolute Gasteiger partial charge is 0.303 e. The predicted molar refractivity (Wildman–Crippen MR) is 123 cm³/mol. The zero-order valence-corrected chi connectivity index (χ0v) is 18.5. The van der Waals surface area contributed by atoms with E-state index in [1.807, 2.05) is 62.4 Å². The highest BCUT2D eigenvalue weighted by Crippen LogP contribution is 2.29. The molecule has 3 aromatic carbocycles. The summed E-state index contributed by atoms with van der Waals surface area (Å²) in [5, 5.41) is 11.8. The molecule has 0 saturated heterocycles. The van der Waals surface area contributed by atoms with Crippen molar-refractivity contribution in [1.82, 2.24) is 5.32 Å². The fraction of sp³-hybridized carbons (Fsp3) is 0.231. The van der Waals surface area contributed by atoms with E-state index in [1.165, 1.54) is 0 Å². The molecule has 0 fully saturated rings. The molecule has 0 atom stereocenters. The Hall–Kier alpha value is -3.80. The summed E-state index contributed by atoms with van der Waals surface area (Å²) in [6, 6.07) is 18.5. The Bertz CT molecular complexity index is 1110. The Kier molecular flexibility index (Phi) is 7.49. The normalized spacial score (nSPS) is 10.5. The lowest BCUT2D eigenvalue weighted by atomic mass is 10.0. The van der Waals surface area contributed by atoms with Crippen LogP contribution in [0.1, 0.15) is 39.0 Å². The highest BCUT2D eigenvalue weighted by atomic mass is 16.5. The lowest BCUT2D eigenvalue weighted by Gasteiger charge is -2.14. The Labute approximate surface area is 187 Å². The van der Waals surface area contributed by atoms with Crippen LogP contribution in [0.2, 0.25) is 0 Å². The van der Waals surface area contributed by atoms with Gasteiger partial charge in [0.2, 0.25) is 0 Å². The van der Waals surface area contributed by atoms with Crippen molar-refractivity contribution in [2.45, 2.75) is 33.2 Å². The highest BCUT2D eigenvalue weighted by Gasteiger charge is 2.13. The molecule has 3 aromatic rings. The Morgan fingerprint density at radius 1 is 0.969 bits per heavy atom. The molecule has 6 heteroatoms. The van der Waals surface area contributed by atoms with E-state index in [2.05, 4.69) is 5.32 Å². The van der Waals surface area contributed by atoms with E-state index >= 15 is 0 Å². The molecule has 0 aliphatic carbocycles. The standard InChI is InChI=1S/C26H27NO5/c1-17-15-22(13-9-20(17)10-14-25(28)29)32-24-6-4-5-23(18(24)2)26(30)27-16-19-7-11-21(31-3)12-8-19/h4-9,11-13,15H,10,14,16H2,1-3H3,(H,27,30)(H,28,29). The number of carboxylic acid groups (broad SMARTS) is 1. The van der Waals surface area contributed by atoms with Crippen LogP contribution >= 0.6 is 0 Å². The third-order valence-electron chi connectivity index (χ3n) is 5.29. The third kappa shape index (κ3) is 5.88. The number of carbonyl (C=O) groups excluding carboxylic acids is 1. The molecule has 0 aliphatic heterocycles. The van der Waals surface area contributed by atoms with Gasteiger partial charge in [0.1, 0.15) is 17.2 Å². The quantitative estimate of drug-likeness (QED) is 0.493. The summed E-state index contributed by atoms with van der Waals surface area (Å²) in [7, 11) is 1.61. The molecule has 0 unspecified atom stereocenters. The summed E-state index contributed by atoms with van der Waals surface area (Å²) < 4.78 is 11.2. The topological polar surface area (TPSA) is 84.9 Å². The molecule has 1 amide bonds. The maximum Gasteiger partial charge on any atom is 0.303 e. The number of benzene rings is 3. The van der Waals surface area contributed by atoms with Gasteiger partial charge in [-0.2, -0.15) is 0 Å². The average molecular weight is 434 g/mol. The minimum absolute atomic E-state index is 0.0911. The van der Waals surface area contributed by atoms with Crippen molar-refractivity contribution in [2.75, 3.05) is 7.11 Å².